The van der Waals surface area contributed by atoms with E-state index in [1.807, 2.05) is 17.8 Å². The molecule has 1 aliphatic rings. The van der Waals surface area contributed by atoms with Crippen LogP contribution in [0.3, 0.4) is 0 Å². The zero-order valence-corrected chi connectivity index (χ0v) is 18.6. The molecule has 0 radical (unpaired) electrons. The van der Waals surface area contributed by atoms with Crippen molar-refractivity contribution in [3.05, 3.63) is 44.5 Å². The maximum Gasteiger partial charge on any atom is 0.332 e. The lowest BCUT2D eigenvalue weighted by Crippen LogP contribution is -2.46. The minimum absolute atomic E-state index is 0.155. The van der Waals surface area contributed by atoms with Crippen molar-refractivity contribution in [2.45, 2.75) is 82.2 Å². The maximum atomic E-state index is 13.1. The van der Waals surface area contributed by atoms with Crippen LogP contribution in [0.25, 0.3) is 0 Å². The van der Waals surface area contributed by atoms with Crippen LogP contribution in [0.4, 0.5) is 0 Å². The van der Waals surface area contributed by atoms with E-state index in [4.69, 9.17) is 0 Å². The summed E-state index contributed by atoms with van der Waals surface area (Å²) in [5.74, 6) is 0. The van der Waals surface area contributed by atoms with E-state index >= 15 is 0 Å². The zero-order chi connectivity index (χ0) is 21.9. The molecule has 0 aromatic carbocycles. The van der Waals surface area contributed by atoms with Gasteiger partial charge >= 0.3 is 5.69 Å². The first-order chi connectivity index (χ1) is 14.3. The molecule has 30 heavy (non-hydrogen) atoms. The monoisotopic (exact) mass is 437 g/mol. The molecule has 3 rings (SSSR count). The van der Waals surface area contributed by atoms with Gasteiger partial charge in [0.05, 0.1) is 28.5 Å². The standard InChI is InChI=1S/C20H31N5O4S/c1-4-8-23-12-15(21-22-23)7-5-6-9-24-18(28)14(2)11-25(19(24)29)20(3)10-16(27)17(13-26)30-20/h11-12,16-17,26-27H,4-10,13H2,1-3H3. The second kappa shape index (κ2) is 9.49. The third-order valence-electron chi connectivity index (χ3n) is 5.56. The van der Waals surface area contributed by atoms with Crippen LogP contribution in [-0.4, -0.2) is 52.3 Å². The summed E-state index contributed by atoms with van der Waals surface area (Å²) in [5, 5.41) is 27.6. The fourth-order valence-corrected chi connectivity index (χ4v) is 5.42. The first-order valence-corrected chi connectivity index (χ1v) is 11.4. The van der Waals surface area contributed by atoms with Crippen LogP contribution < -0.4 is 11.2 Å². The zero-order valence-electron chi connectivity index (χ0n) is 17.8. The number of aromatic nitrogens is 5. The topological polar surface area (TPSA) is 115 Å². The predicted molar refractivity (Wildman–Crippen MR) is 116 cm³/mol. The van der Waals surface area contributed by atoms with Crippen LogP contribution in [-0.2, 0) is 24.4 Å². The van der Waals surface area contributed by atoms with Crippen LogP contribution in [0.15, 0.2) is 22.0 Å². The third-order valence-corrected chi connectivity index (χ3v) is 7.19. The lowest BCUT2D eigenvalue weighted by Gasteiger charge is -2.27. The molecule has 166 valence electrons. The van der Waals surface area contributed by atoms with E-state index in [1.54, 1.807) is 17.7 Å². The number of thioether (sulfide) groups is 1. The summed E-state index contributed by atoms with van der Waals surface area (Å²) in [6, 6.07) is 0. The Hall–Kier alpha value is -1.91. The molecule has 3 atom stereocenters. The van der Waals surface area contributed by atoms with Crippen molar-refractivity contribution in [1.82, 2.24) is 24.1 Å². The molecule has 9 nitrogen and oxygen atoms in total. The summed E-state index contributed by atoms with van der Waals surface area (Å²) in [6.07, 6.45) is 6.37. The Labute approximate surface area is 179 Å². The Bertz CT molecular complexity index is 984. The summed E-state index contributed by atoms with van der Waals surface area (Å²) in [5.41, 5.74) is 0.744. The van der Waals surface area contributed by atoms with Crippen molar-refractivity contribution < 1.29 is 10.2 Å². The van der Waals surface area contributed by atoms with E-state index in [0.717, 1.165) is 31.5 Å². The lowest BCUT2D eigenvalue weighted by atomic mass is 10.1. The van der Waals surface area contributed by atoms with Gasteiger partial charge in [-0.3, -0.25) is 18.6 Å². The molecule has 2 aromatic heterocycles. The molecule has 0 spiro atoms. The van der Waals surface area contributed by atoms with Crippen LogP contribution in [0.2, 0.25) is 0 Å². The minimum Gasteiger partial charge on any atom is -0.395 e. The molecule has 0 aliphatic carbocycles. The van der Waals surface area contributed by atoms with E-state index in [1.165, 1.54) is 16.3 Å². The number of hydrogen-bond acceptors (Lipinski definition) is 7. The molecule has 1 saturated heterocycles. The molecule has 0 saturated carbocycles. The first-order valence-electron chi connectivity index (χ1n) is 10.5. The SMILES string of the molecule is CCCn1cc(CCCCn2c(=O)c(C)cn(C3(C)CC(O)C(CO)S3)c2=O)nn1. The van der Waals surface area contributed by atoms with Crippen LogP contribution in [0, 0.1) is 6.92 Å². The largest absolute Gasteiger partial charge is 0.395 e. The van der Waals surface area contributed by atoms with E-state index in [-0.39, 0.29) is 23.1 Å². The summed E-state index contributed by atoms with van der Waals surface area (Å²) in [7, 11) is 0. The van der Waals surface area contributed by atoms with Gasteiger partial charge in [-0.05, 0) is 39.5 Å². The van der Waals surface area contributed by atoms with Gasteiger partial charge in [0.15, 0.2) is 0 Å². The molecule has 2 N–H and O–H groups in total. The van der Waals surface area contributed by atoms with Gasteiger partial charge in [-0.15, -0.1) is 16.9 Å². The van der Waals surface area contributed by atoms with Gasteiger partial charge in [-0.2, -0.15) is 0 Å². The number of unbranched alkanes of at least 4 members (excludes halogenated alkanes) is 1. The molecular formula is C20H31N5O4S. The summed E-state index contributed by atoms with van der Waals surface area (Å²) in [4.78, 5) is 25.0. The number of aliphatic hydroxyl groups excluding tert-OH is 2. The predicted octanol–water partition coefficient (Wildman–Crippen LogP) is 0.874. The Morgan fingerprint density at radius 3 is 2.70 bits per heavy atom. The minimum atomic E-state index is -0.706. The van der Waals surface area contributed by atoms with E-state index in [0.29, 0.717) is 24.9 Å². The highest BCUT2D eigenvalue weighted by Gasteiger charge is 2.44. The molecule has 2 aromatic rings. The van der Waals surface area contributed by atoms with Gasteiger partial charge in [0, 0.05) is 37.5 Å². The smallest absolute Gasteiger partial charge is 0.332 e. The van der Waals surface area contributed by atoms with Crippen molar-refractivity contribution in [2.24, 2.45) is 0 Å². The number of aryl methyl sites for hydroxylation is 3. The van der Waals surface area contributed by atoms with Crippen molar-refractivity contribution in [2.75, 3.05) is 6.61 Å². The lowest BCUT2D eigenvalue weighted by molar-refractivity contribution is 0.127. The van der Waals surface area contributed by atoms with Crippen molar-refractivity contribution >= 4 is 11.8 Å². The van der Waals surface area contributed by atoms with Gasteiger partial charge in [-0.25, -0.2) is 4.79 Å². The highest BCUT2D eigenvalue weighted by Crippen LogP contribution is 2.46. The third kappa shape index (κ3) is 4.70. The van der Waals surface area contributed by atoms with Gasteiger partial charge in [0.25, 0.3) is 5.56 Å². The van der Waals surface area contributed by atoms with E-state index in [2.05, 4.69) is 17.2 Å². The molecule has 3 unspecified atom stereocenters. The number of rotatable bonds is 9. The van der Waals surface area contributed by atoms with Crippen LogP contribution in [0.1, 0.15) is 50.8 Å². The van der Waals surface area contributed by atoms with E-state index in [9.17, 15) is 19.8 Å². The summed E-state index contributed by atoms with van der Waals surface area (Å²) in [6.45, 7) is 6.67. The normalized spacial score (nSPS) is 23.9. The fourth-order valence-electron chi connectivity index (χ4n) is 3.92. The van der Waals surface area contributed by atoms with E-state index < -0.39 is 11.0 Å². The number of hydrogen-bond donors (Lipinski definition) is 2. The number of nitrogens with zero attached hydrogens (tertiary/aromatic N) is 5. The average Bonchev–Trinajstić information content (AvgIpc) is 3.28. The molecular weight excluding hydrogens is 406 g/mol. The quantitative estimate of drug-likeness (QED) is 0.560. The molecule has 10 heteroatoms. The fraction of sp³-hybridized carbons (Fsp3) is 0.700. The first kappa shape index (κ1) is 22.8. The van der Waals surface area contributed by atoms with Crippen molar-refractivity contribution in [3.63, 3.8) is 0 Å². The summed E-state index contributed by atoms with van der Waals surface area (Å²) >= 11 is 1.37. The van der Waals surface area contributed by atoms with Gasteiger partial charge in [-0.1, -0.05) is 12.1 Å². The molecule has 0 bridgehead atoms. The van der Waals surface area contributed by atoms with Crippen molar-refractivity contribution in [1.29, 1.82) is 0 Å². The molecule has 1 aliphatic heterocycles. The van der Waals surface area contributed by atoms with Crippen LogP contribution >= 0.6 is 11.8 Å². The Kier molecular flexibility index (Phi) is 7.20. The van der Waals surface area contributed by atoms with Crippen molar-refractivity contribution in [3.8, 4) is 0 Å². The highest BCUT2D eigenvalue weighted by molar-refractivity contribution is 8.00. The average molecular weight is 438 g/mol. The summed E-state index contributed by atoms with van der Waals surface area (Å²) < 4.78 is 4.66. The van der Waals surface area contributed by atoms with Gasteiger partial charge < -0.3 is 10.2 Å². The highest BCUT2D eigenvalue weighted by atomic mass is 32.2. The van der Waals surface area contributed by atoms with Gasteiger partial charge in [0.1, 0.15) is 0 Å². The Balaban J connectivity index is 1.72. The molecule has 3 heterocycles. The second-order valence-electron chi connectivity index (χ2n) is 8.14. The Morgan fingerprint density at radius 2 is 2.03 bits per heavy atom. The molecule has 1 fully saturated rings. The van der Waals surface area contributed by atoms with Crippen LogP contribution in [0.5, 0.6) is 0 Å². The maximum absolute atomic E-state index is 13.1. The number of aliphatic hydroxyl groups is 2. The molecule has 0 amide bonds. The Morgan fingerprint density at radius 1 is 1.27 bits per heavy atom. The van der Waals surface area contributed by atoms with Gasteiger partial charge in [0.2, 0.25) is 0 Å². The second-order valence-corrected chi connectivity index (χ2v) is 9.86.